The molecule has 6 heteroatoms. The third kappa shape index (κ3) is 3.16. The normalized spacial score (nSPS) is 10.7. The third-order valence-corrected chi connectivity index (χ3v) is 4.28. The van der Waals surface area contributed by atoms with E-state index in [9.17, 15) is 9.90 Å². The summed E-state index contributed by atoms with van der Waals surface area (Å²) in [5.74, 6) is -0.886. The molecule has 0 spiro atoms. The maximum Gasteiger partial charge on any atom is 0.337 e. The molecule has 0 radical (unpaired) electrons. The SMILES string of the molecule is Nc1nccc(-c2cc(C(=O)O)c(-c3ccccc3-c3ccccc3)[nH]2)n1. The smallest absolute Gasteiger partial charge is 0.337 e. The molecule has 6 nitrogen and oxygen atoms in total. The van der Waals surface area contributed by atoms with E-state index in [4.69, 9.17) is 5.73 Å². The number of benzene rings is 2. The minimum Gasteiger partial charge on any atom is -0.478 e. The summed E-state index contributed by atoms with van der Waals surface area (Å²) in [6.07, 6.45) is 1.54. The van der Waals surface area contributed by atoms with Crippen molar-refractivity contribution in [3.8, 4) is 33.8 Å². The Bertz CT molecular complexity index is 1120. The van der Waals surface area contributed by atoms with Crippen molar-refractivity contribution in [3.05, 3.63) is 78.5 Å². The number of nitrogens with zero attached hydrogens (tertiary/aromatic N) is 2. The molecule has 0 aliphatic heterocycles. The van der Waals surface area contributed by atoms with Crippen molar-refractivity contribution >= 4 is 11.9 Å². The van der Waals surface area contributed by atoms with Crippen LogP contribution in [-0.2, 0) is 0 Å². The van der Waals surface area contributed by atoms with E-state index in [1.807, 2.05) is 54.6 Å². The molecule has 2 heterocycles. The number of aromatic carboxylic acids is 1. The van der Waals surface area contributed by atoms with Gasteiger partial charge in [-0.1, -0.05) is 54.6 Å². The summed E-state index contributed by atoms with van der Waals surface area (Å²) in [7, 11) is 0. The highest BCUT2D eigenvalue weighted by molar-refractivity contribution is 5.99. The number of nitrogens with two attached hydrogens (primary N) is 1. The van der Waals surface area contributed by atoms with Crippen LogP contribution in [0.3, 0.4) is 0 Å². The molecule has 0 unspecified atom stereocenters. The molecule has 0 aliphatic rings. The van der Waals surface area contributed by atoms with Crippen LogP contribution in [0.2, 0.25) is 0 Å². The predicted octanol–water partition coefficient (Wildman–Crippen LogP) is 4.09. The van der Waals surface area contributed by atoms with Gasteiger partial charge in [0.05, 0.1) is 22.6 Å². The first-order valence-electron chi connectivity index (χ1n) is 8.33. The molecule has 4 rings (SSSR count). The van der Waals surface area contributed by atoms with Gasteiger partial charge in [0, 0.05) is 11.8 Å². The predicted molar refractivity (Wildman–Crippen MR) is 104 cm³/mol. The summed E-state index contributed by atoms with van der Waals surface area (Å²) in [5, 5.41) is 9.73. The van der Waals surface area contributed by atoms with Crippen LogP contribution in [-0.4, -0.2) is 26.0 Å². The highest BCUT2D eigenvalue weighted by atomic mass is 16.4. The lowest BCUT2D eigenvalue weighted by atomic mass is 9.96. The van der Waals surface area contributed by atoms with E-state index < -0.39 is 5.97 Å². The summed E-state index contributed by atoms with van der Waals surface area (Å²) in [5.41, 5.74) is 10.2. The first-order valence-corrected chi connectivity index (χ1v) is 8.33. The Morgan fingerprint density at radius 3 is 2.37 bits per heavy atom. The monoisotopic (exact) mass is 356 g/mol. The first-order chi connectivity index (χ1) is 13.1. The second-order valence-corrected chi connectivity index (χ2v) is 5.99. The van der Waals surface area contributed by atoms with Crippen molar-refractivity contribution in [2.24, 2.45) is 0 Å². The standard InChI is InChI=1S/C21H16N4O2/c22-21-23-11-10-17(25-21)18-12-16(20(26)27)19(24-18)15-9-5-4-8-14(15)13-6-2-1-3-7-13/h1-12,24H,(H,26,27)(H2,22,23,25). The number of rotatable bonds is 4. The number of aromatic amines is 1. The van der Waals surface area contributed by atoms with Gasteiger partial charge in [0.25, 0.3) is 0 Å². The zero-order valence-electron chi connectivity index (χ0n) is 14.3. The van der Waals surface area contributed by atoms with Crippen LogP contribution in [0.15, 0.2) is 72.9 Å². The lowest BCUT2D eigenvalue weighted by Gasteiger charge is -2.10. The van der Waals surface area contributed by atoms with Crippen LogP contribution in [0.25, 0.3) is 33.8 Å². The van der Waals surface area contributed by atoms with Gasteiger partial charge in [-0.05, 0) is 23.3 Å². The molecule has 0 fully saturated rings. The van der Waals surface area contributed by atoms with Crippen LogP contribution < -0.4 is 5.73 Å². The quantitative estimate of drug-likeness (QED) is 0.511. The molecule has 27 heavy (non-hydrogen) atoms. The van der Waals surface area contributed by atoms with E-state index >= 15 is 0 Å². The summed E-state index contributed by atoms with van der Waals surface area (Å²) >= 11 is 0. The lowest BCUT2D eigenvalue weighted by molar-refractivity contribution is 0.0698. The molecular formula is C21H16N4O2. The first kappa shape index (κ1) is 16.5. The van der Waals surface area contributed by atoms with Crippen molar-refractivity contribution in [2.75, 3.05) is 5.73 Å². The third-order valence-electron chi connectivity index (χ3n) is 4.28. The topological polar surface area (TPSA) is 105 Å². The van der Waals surface area contributed by atoms with E-state index in [-0.39, 0.29) is 11.5 Å². The molecule has 0 amide bonds. The van der Waals surface area contributed by atoms with Crippen LogP contribution in [0.4, 0.5) is 5.95 Å². The van der Waals surface area contributed by atoms with Gasteiger partial charge in [0.15, 0.2) is 0 Å². The molecule has 0 atom stereocenters. The Morgan fingerprint density at radius 1 is 0.963 bits per heavy atom. The van der Waals surface area contributed by atoms with Crippen LogP contribution >= 0.6 is 0 Å². The molecule has 0 saturated carbocycles. The van der Waals surface area contributed by atoms with Crippen molar-refractivity contribution in [1.82, 2.24) is 15.0 Å². The maximum atomic E-state index is 11.9. The molecular weight excluding hydrogens is 340 g/mol. The van der Waals surface area contributed by atoms with Gasteiger partial charge < -0.3 is 15.8 Å². The average molecular weight is 356 g/mol. The van der Waals surface area contributed by atoms with Crippen LogP contribution in [0.5, 0.6) is 0 Å². The summed E-state index contributed by atoms with van der Waals surface area (Å²) < 4.78 is 0. The molecule has 2 aromatic carbocycles. The number of nitrogen functional groups attached to an aromatic ring is 1. The van der Waals surface area contributed by atoms with Crippen LogP contribution in [0, 0.1) is 0 Å². The number of carbonyl (C=O) groups is 1. The summed E-state index contributed by atoms with van der Waals surface area (Å²) in [6.45, 7) is 0. The van der Waals surface area contributed by atoms with E-state index in [1.165, 1.54) is 6.20 Å². The maximum absolute atomic E-state index is 11.9. The molecule has 132 valence electrons. The number of H-pyrrole nitrogens is 1. The van der Waals surface area contributed by atoms with Gasteiger partial charge in [-0.25, -0.2) is 14.8 Å². The zero-order valence-corrected chi connectivity index (χ0v) is 14.3. The van der Waals surface area contributed by atoms with Gasteiger partial charge in [-0.2, -0.15) is 0 Å². The van der Waals surface area contributed by atoms with Gasteiger partial charge in [-0.3, -0.25) is 0 Å². The van der Waals surface area contributed by atoms with Gasteiger partial charge >= 0.3 is 5.97 Å². The number of carboxylic acids is 1. The molecule has 4 aromatic rings. The van der Waals surface area contributed by atoms with Crippen LogP contribution in [0.1, 0.15) is 10.4 Å². The van der Waals surface area contributed by atoms with Crippen molar-refractivity contribution in [1.29, 1.82) is 0 Å². The number of aromatic nitrogens is 3. The molecule has 0 bridgehead atoms. The zero-order chi connectivity index (χ0) is 18.8. The summed E-state index contributed by atoms with van der Waals surface area (Å²) in [4.78, 5) is 23.1. The molecule has 0 saturated heterocycles. The van der Waals surface area contributed by atoms with E-state index in [0.717, 1.165) is 16.7 Å². The fourth-order valence-electron chi connectivity index (χ4n) is 3.07. The fourth-order valence-corrected chi connectivity index (χ4v) is 3.07. The highest BCUT2D eigenvalue weighted by Gasteiger charge is 2.20. The number of anilines is 1. The van der Waals surface area contributed by atoms with Crippen molar-refractivity contribution in [2.45, 2.75) is 0 Å². The van der Waals surface area contributed by atoms with E-state index in [0.29, 0.717) is 17.1 Å². The van der Waals surface area contributed by atoms with Crippen molar-refractivity contribution < 1.29 is 9.90 Å². The summed E-state index contributed by atoms with van der Waals surface area (Å²) in [6, 6.07) is 20.8. The van der Waals surface area contributed by atoms with Gasteiger partial charge in [0.1, 0.15) is 0 Å². The molecule has 0 aliphatic carbocycles. The van der Waals surface area contributed by atoms with E-state index in [1.54, 1.807) is 12.1 Å². The molecule has 2 aromatic heterocycles. The van der Waals surface area contributed by atoms with Gasteiger partial charge in [-0.15, -0.1) is 0 Å². The second kappa shape index (κ2) is 6.76. The highest BCUT2D eigenvalue weighted by Crippen LogP contribution is 2.35. The Labute approximate surface area is 155 Å². The van der Waals surface area contributed by atoms with E-state index in [2.05, 4.69) is 15.0 Å². The largest absolute Gasteiger partial charge is 0.478 e. The van der Waals surface area contributed by atoms with Gasteiger partial charge in [0.2, 0.25) is 5.95 Å². The number of nitrogens with one attached hydrogen (secondary N) is 1. The Balaban J connectivity index is 1.92. The average Bonchev–Trinajstić information content (AvgIpc) is 3.14. The number of hydrogen-bond acceptors (Lipinski definition) is 4. The Kier molecular flexibility index (Phi) is 4.14. The lowest BCUT2D eigenvalue weighted by Crippen LogP contribution is -1.97. The Morgan fingerprint density at radius 2 is 1.67 bits per heavy atom. The fraction of sp³-hybridized carbons (Fsp3) is 0. The number of hydrogen-bond donors (Lipinski definition) is 3. The Hall–Kier alpha value is -3.93. The minimum atomic E-state index is -1.02. The number of carboxylic acid groups (broad SMARTS) is 1. The van der Waals surface area contributed by atoms with Crippen molar-refractivity contribution in [3.63, 3.8) is 0 Å². The minimum absolute atomic E-state index is 0.130. The second-order valence-electron chi connectivity index (χ2n) is 5.99. The molecule has 4 N–H and O–H groups in total.